The molecular weight excluding hydrogens is 278 g/mol. The smallest absolute Gasteiger partial charge is 0.266 e. The number of thioether (sulfide) groups is 1. The lowest BCUT2D eigenvalue weighted by molar-refractivity contribution is -0.122. The second-order valence-electron chi connectivity index (χ2n) is 4.68. The van der Waals surface area contributed by atoms with Gasteiger partial charge < -0.3 is 9.47 Å². The summed E-state index contributed by atoms with van der Waals surface area (Å²) in [5, 5.41) is 0. The van der Waals surface area contributed by atoms with Crippen LogP contribution in [0.1, 0.15) is 5.69 Å². The number of rotatable bonds is 4. The first kappa shape index (κ1) is 14.3. The minimum absolute atomic E-state index is 0.0121. The number of carbonyl (C=O) groups is 1. The summed E-state index contributed by atoms with van der Waals surface area (Å²) in [5.74, 6) is 0.0121. The molecule has 0 bridgehead atoms. The summed E-state index contributed by atoms with van der Waals surface area (Å²) in [6.07, 6.45) is 3.85. The number of hydrogen-bond acceptors (Lipinski definition) is 4. The SMILES string of the molecule is CN(C)CCN1C(=O)/C(=C\c2cccn2C)SC1=S. The molecule has 6 heteroatoms. The van der Waals surface area contributed by atoms with E-state index in [1.54, 1.807) is 4.90 Å². The van der Waals surface area contributed by atoms with Crippen LogP contribution in [0.25, 0.3) is 6.08 Å². The van der Waals surface area contributed by atoms with Gasteiger partial charge in [0.1, 0.15) is 4.32 Å². The van der Waals surface area contributed by atoms with Crippen LogP contribution in [-0.2, 0) is 11.8 Å². The first-order valence-electron chi connectivity index (χ1n) is 6.00. The molecular formula is C13H17N3OS2. The summed E-state index contributed by atoms with van der Waals surface area (Å²) >= 11 is 6.65. The van der Waals surface area contributed by atoms with E-state index >= 15 is 0 Å². The van der Waals surface area contributed by atoms with Crippen LogP contribution >= 0.6 is 24.0 Å². The van der Waals surface area contributed by atoms with Gasteiger partial charge in [-0.05, 0) is 32.3 Å². The lowest BCUT2D eigenvalue weighted by atomic mass is 10.3. The zero-order valence-electron chi connectivity index (χ0n) is 11.3. The summed E-state index contributed by atoms with van der Waals surface area (Å²) in [7, 11) is 5.92. The fourth-order valence-corrected chi connectivity index (χ4v) is 3.04. The second kappa shape index (κ2) is 5.90. The predicted molar refractivity (Wildman–Crippen MR) is 83.8 cm³/mol. The highest BCUT2D eigenvalue weighted by atomic mass is 32.2. The minimum Gasteiger partial charge on any atom is -0.351 e. The van der Waals surface area contributed by atoms with Gasteiger partial charge in [0.2, 0.25) is 0 Å². The Morgan fingerprint density at radius 3 is 2.79 bits per heavy atom. The number of hydrogen-bond donors (Lipinski definition) is 0. The van der Waals surface area contributed by atoms with E-state index in [1.807, 2.05) is 55.0 Å². The van der Waals surface area contributed by atoms with Gasteiger partial charge in [0.15, 0.2) is 0 Å². The van der Waals surface area contributed by atoms with Crippen molar-refractivity contribution in [3.8, 4) is 0 Å². The molecule has 0 radical (unpaired) electrons. The molecule has 1 saturated heterocycles. The fraction of sp³-hybridized carbons (Fsp3) is 0.385. The van der Waals surface area contributed by atoms with Crippen molar-refractivity contribution in [2.75, 3.05) is 27.2 Å². The molecule has 1 aliphatic rings. The van der Waals surface area contributed by atoms with Crippen LogP contribution in [0.4, 0.5) is 0 Å². The van der Waals surface area contributed by atoms with Crippen LogP contribution in [0.3, 0.4) is 0 Å². The quantitative estimate of drug-likeness (QED) is 0.625. The maximum Gasteiger partial charge on any atom is 0.266 e. The molecule has 1 amide bonds. The maximum absolute atomic E-state index is 12.3. The third-order valence-electron chi connectivity index (χ3n) is 2.91. The fourth-order valence-electron chi connectivity index (χ4n) is 1.75. The number of thiocarbonyl (C=S) groups is 1. The molecule has 0 aromatic carbocycles. The van der Waals surface area contributed by atoms with Gasteiger partial charge in [-0.3, -0.25) is 9.69 Å². The lowest BCUT2D eigenvalue weighted by Crippen LogP contribution is -2.34. The van der Waals surface area contributed by atoms with Gasteiger partial charge in [-0.1, -0.05) is 24.0 Å². The highest BCUT2D eigenvalue weighted by Gasteiger charge is 2.31. The average molecular weight is 295 g/mol. The standard InChI is InChI=1S/C13H17N3OS2/c1-14(2)7-8-16-12(17)11(19-13(16)18)9-10-5-4-6-15(10)3/h4-6,9H,7-8H2,1-3H3/b11-9+. The average Bonchev–Trinajstić information content (AvgIpc) is 2.84. The van der Waals surface area contributed by atoms with Crippen LogP contribution in [0.5, 0.6) is 0 Å². The Hall–Kier alpha value is -1.11. The molecule has 1 fully saturated rings. The molecule has 4 nitrogen and oxygen atoms in total. The number of likely N-dealkylation sites (N-methyl/N-ethyl adjacent to an activating group) is 1. The van der Waals surface area contributed by atoms with Crippen molar-refractivity contribution in [1.82, 2.24) is 14.4 Å². The zero-order chi connectivity index (χ0) is 14.0. The van der Waals surface area contributed by atoms with Crippen LogP contribution in [0.15, 0.2) is 23.2 Å². The summed E-state index contributed by atoms with van der Waals surface area (Å²) in [6, 6.07) is 3.94. The monoisotopic (exact) mass is 295 g/mol. The molecule has 0 unspecified atom stereocenters. The summed E-state index contributed by atoms with van der Waals surface area (Å²) in [5.41, 5.74) is 1.01. The third kappa shape index (κ3) is 3.26. The van der Waals surface area contributed by atoms with E-state index in [-0.39, 0.29) is 5.91 Å². The van der Waals surface area contributed by atoms with E-state index in [1.165, 1.54) is 11.8 Å². The van der Waals surface area contributed by atoms with E-state index < -0.39 is 0 Å². The summed E-state index contributed by atoms with van der Waals surface area (Å²) < 4.78 is 2.62. The van der Waals surface area contributed by atoms with E-state index in [4.69, 9.17) is 12.2 Å². The topological polar surface area (TPSA) is 28.5 Å². The molecule has 0 spiro atoms. The van der Waals surface area contributed by atoms with Crippen molar-refractivity contribution in [2.24, 2.45) is 7.05 Å². The first-order valence-corrected chi connectivity index (χ1v) is 7.23. The first-order chi connectivity index (χ1) is 8.99. The molecule has 2 heterocycles. The Morgan fingerprint density at radius 1 is 1.47 bits per heavy atom. The van der Waals surface area contributed by atoms with Gasteiger partial charge in [0.05, 0.1) is 4.91 Å². The van der Waals surface area contributed by atoms with Crippen molar-refractivity contribution in [3.63, 3.8) is 0 Å². The molecule has 102 valence electrons. The van der Waals surface area contributed by atoms with Crippen molar-refractivity contribution < 1.29 is 4.79 Å². The van der Waals surface area contributed by atoms with Crippen molar-refractivity contribution in [1.29, 1.82) is 0 Å². The maximum atomic E-state index is 12.3. The van der Waals surface area contributed by atoms with Crippen molar-refractivity contribution in [2.45, 2.75) is 0 Å². The highest BCUT2D eigenvalue weighted by molar-refractivity contribution is 8.26. The van der Waals surface area contributed by atoms with E-state index in [9.17, 15) is 4.79 Å². The number of amides is 1. The predicted octanol–water partition coefficient (Wildman–Crippen LogP) is 1.79. The summed E-state index contributed by atoms with van der Waals surface area (Å²) in [4.78, 5) is 16.7. The number of nitrogens with zero attached hydrogens (tertiary/aromatic N) is 3. The Morgan fingerprint density at radius 2 is 2.21 bits per heavy atom. The molecule has 0 saturated carbocycles. The molecule has 1 aromatic rings. The Balaban J connectivity index is 2.14. The molecule has 0 aliphatic carbocycles. The number of aryl methyl sites for hydroxylation is 1. The van der Waals surface area contributed by atoms with Crippen LogP contribution in [-0.4, -0.2) is 51.8 Å². The molecule has 2 rings (SSSR count). The largest absolute Gasteiger partial charge is 0.351 e. The third-order valence-corrected chi connectivity index (χ3v) is 4.29. The van der Waals surface area contributed by atoms with Crippen molar-refractivity contribution >= 4 is 40.3 Å². The van der Waals surface area contributed by atoms with E-state index in [2.05, 4.69) is 0 Å². The van der Waals surface area contributed by atoms with Crippen LogP contribution in [0, 0.1) is 0 Å². The van der Waals surface area contributed by atoms with E-state index in [0.717, 1.165) is 12.2 Å². The van der Waals surface area contributed by atoms with Gasteiger partial charge in [0, 0.05) is 32.0 Å². The van der Waals surface area contributed by atoms with E-state index in [0.29, 0.717) is 15.8 Å². The Kier molecular flexibility index (Phi) is 4.44. The van der Waals surface area contributed by atoms with Gasteiger partial charge in [-0.15, -0.1) is 0 Å². The second-order valence-corrected chi connectivity index (χ2v) is 6.36. The van der Waals surface area contributed by atoms with Gasteiger partial charge in [0.25, 0.3) is 5.91 Å². The van der Waals surface area contributed by atoms with Crippen LogP contribution in [0.2, 0.25) is 0 Å². The lowest BCUT2D eigenvalue weighted by Gasteiger charge is -2.17. The molecule has 0 N–H and O–H groups in total. The number of aromatic nitrogens is 1. The highest BCUT2D eigenvalue weighted by Crippen LogP contribution is 2.32. The van der Waals surface area contributed by atoms with Crippen LogP contribution < -0.4 is 0 Å². The van der Waals surface area contributed by atoms with Gasteiger partial charge >= 0.3 is 0 Å². The van der Waals surface area contributed by atoms with Gasteiger partial charge in [-0.2, -0.15) is 0 Å². The molecule has 1 aromatic heterocycles. The molecule has 19 heavy (non-hydrogen) atoms. The van der Waals surface area contributed by atoms with Crippen molar-refractivity contribution in [3.05, 3.63) is 28.9 Å². The Labute approximate surface area is 123 Å². The van der Waals surface area contributed by atoms with Gasteiger partial charge in [-0.25, -0.2) is 0 Å². The molecule has 1 aliphatic heterocycles. The Bertz CT molecular complexity index is 534. The zero-order valence-corrected chi connectivity index (χ0v) is 12.9. The summed E-state index contributed by atoms with van der Waals surface area (Å²) in [6.45, 7) is 1.45. The number of carbonyl (C=O) groups excluding carboxylic acids is 1. The minimum atomic E-state index is 0.0121. The molecule has 0 atom stereocenters. The normalized spacial score (nSPS) is 18.1.